The molecule has 0 atom stereocenters. The third-order valence-electron chi connectivity index (χ3n) is 4.59. The van der Waals surface area contributed by atoms with Gasteiger partial charge in [0, 0.05) is 16.4 Å². The van der Waals surface area contributed by atoms with Crippen LogP contribution in [-0.4, -0.2) is 21.1 Å². The van der Waals surface area contributed by atoms with Gasteiger partial charge in [0.15, 0.2) is 5.16 Å². The lowest BCUT2D eigenvalue weighted by Crippen LogP contribution is -2.24. The number of hydrogen-bond donors (Lipinski definition) is 0. The number of thioether (sulfide) groups is 2. The number of fused-ring (bicyclic) bond motifs is 1. The summed E-state index contributed by atoms with van der Waals surface area (Å²) in [7, 11) is 0. The maximum absolute atomic E-state index is 13.7. The number of hydrogen-bond acceptors (Lipinski definition) is 4. The second-order valence-corrected chi connectivity index (χ2v) is 8.95. The molecule has 0 bridgehead atoms. The molecule has 0 saturated carbocycles. The van der Waals surface area contributed by atoms with Gasteiger partial charge in [-0.05, 0) is 48.5 Å². The van der Waals surface area contributed by atoms with Crippen molar-refractivity contribution in [3.63, 3.8) is 0 Å². The predicted octanol–water partition coefficient (Wildman–Crippen LogP) is 6.43. The molecule has 3 aromatic carbocycles. The zero-order chi connectivity index (χ0) is 22.7. The Morgan fingerprint density at radius 1 is 0.844 bits per heavy atom. The van der Waals surface area contributed by atoms with Gasteiger partial charge in [-0.25, -0.2) is 9.37 Å². The molecule has 1 heterocycles. The van der Waals surface area contributed by atoms with E-state index in [2.05, 4.69) is 4.98 Å². The van der Waals surface area contributed by atoms with Crippen molar-refractivity contribution < 1.29 is 17.6 Å². The van der Waals surface area contributed by atoms with Crippen LogP contribution in [0.4, 0.5) is 17.6 Å². The van der Waals surface area contributed by atoms with E-state index in [1.807, 2.05) is 0 Å². The minimum absolute atomic E-state index is 0.185. The summed E-state index contributed by atoms with van der Waals surface area (Å²) in [5, 5.41) is 0.430. The number of benzene rings is 3. The van der Waals surface area contributed by atoms with Gasteiger partial charge in [-0.15, -0.1) is 11.8 Å². The van der Waals surface area contributed by atoms with Crippen LogP contribution in [0.15, 0.2) is 87.6 Å². The Kier molecular flexibility index (Phi) is 6.57. The van der Waals surface area contributed by atoms with E-state index in [0.29, 0.717) is 17.0 Å². The van der Waals surface area contributed by atoms with Crippen LogP contribution in [0.2, 0.25) is 0 Å². The first-order valence-electron chi connectivity index (χ1n) is 9.54. The molecule has 0 radical (unpaired) electrons. The molecule has 32 heavy (non-hydrogen) atoms. The summed E-state index contributed by atoms with van der Waals surface area (Å²) in [6, 6.07) is 17.6. The van der Waals surface area contributed by atoms with Crippen LogP contribution in [-0.2, 0) is 6.18 Å². The molecule has 0 aliphatic rings. The van der Waals surface area contributed by atoms with E-state index in [1.165, 1.54) is 53.9 Å². The fourth-order valence-corrected chi connectivity index (χ4v) is 5.04. The van der Waals surface area contributed by atoms with Crippen molar-refractivity contribution in [2.75, 3.05) is 11.5 Å². The van der Waals surface area contributed by atoms with Crippen molar-refractivity contribution >= 4 is 34.4 Å². The number of alkyl halides is 3. The Morgan fingerprint density at radius 3 is 2.25 bits per heavy atom. The van der Waals surface area contributed by atoms with Gasteiger partial charge in [-0.3, -0.25) is 9.36 Å². The second kappa shape index (κ2) is 9.38. The zero-order valence-electron chi connectivity index (χ0n) is 16.5. The molecule has 0 amide bonds. The molecular weight excluding hydrogens is 460 g/mol. The third kappa shape index (κ3) is 4.83. The van der Waals surface area contributed by atoms with Gasteiger partial charge in [0.25, 0.3) is 5.56 Å². The van der Waals surface area contributed by atoms with Crippen molar-refractivity contribution in [2.45, 2.75) is 16.2 Å². The fourth-order valence-electron chi connectivity index (χ4n) is 3.15. The summed E-state index contributed by atoms with van der Waals surface area (Å²) in [4.78, 5) is 18.6. The average Bonchev–Trinajstić information content (AvgIpc) is 2.77. The molecule has 0 fully saturated rings. The summed E-state index contributed by atoms with van der Waals surface area (Å²) in [5.74, 6) is 0.762. The Hall–Kier alpha value is -2.78. The number of rotatable bonds is 6. The van der Waals surface area contributed by atoms with Gasteiger partial charge >= 0.3 is 6.18 Å². The smallest absolute Gasteiger partial charge is 0.268 e. The molecule has 0 aliphatic carbocycles. The molecule has 9 heteroatoms. The number of nitrogens with zero attached hydrogens (tertiary/aromatic N) is 2. The topological polar surface area (TPSA) is 34.9 Å². The van der Waals surface area contributed by atoms with E-state index in [4.69, 9.17) is 0 Å². The quantitative estimate of drug-likeness (QED) is 0.139. The van der Waals surface area contributed by atoms with Gasteiger partial charge < -0.3 is 0 Å². The normalized spacial score (nSPS) is 11.8. The first-order chi connectivity index (χ1) is 15.3. The van der Waals surface area contributed by atoms with Gasteiger partial charge in [-0.2, -0.15) is 13.2 Å². The molecular formula is C23H16F4N2OS2. The lowest BCUT2D eigenvalue weighted by molar-refractivity contribution is -0.137. The molecule has 164 valence electrons. The molecule has 0 saturated heterocycles. The molecule has 1 aromatic heterocycles. The molecule has 4 rings (SSSR count). The Balaban J connectivity index is 1.71. The fraction of sp³-hybridized carbons (Fsp3) is 0.130. The maximum Gasteiger partial charge on any atom is 0.418 e. The van der Waals surface area contributed by atoms with Crippen LogP contribution in [0, 0.1) is 5.82 Å². The Labute approximate surface area is 189 Å². The van der Waals surface area contributed by atoms with Crippen LogP contribution >= 0.6 is 23.5 Å². The lowest BCUT2D eigenvalue weighted by atomic mass is 10.1. The highest BCUT2D eigenvalue weighted by Gasteiger charge is 2.34. The van der Waals surface area contributed by atoms with E-state index in [9.17, 15) is 22.4 Å². The monoisotopic (exact) mass is 476 g/mol. The van der Waals surface area contributed by atoms with E-state index >= 15 is 0 Å². The summed E-state index contributed by atoms with van der Waals surface area (Å²) in [6.07, 6.45) is -4.62. The molecule has 0 spiro atoms. The largest absolute Gasteiger partial charge is 0.418 e. The summed E-state index contributed by atoms with van der Waals surface area (Å²) < 4.78 is 55.1. The van der Waals surface area contributed by atoms with Crippen LogP contribution in [0.1, 0.15) is 5.56 Å². The SMILES string of the molecule is O=c1c2ccccc2nc(SCCSc2ccc(F)cc2)n1-c1ccccc1C(F)(F)F. The van der Waals surface area contributed by atoms with E-state index in [1.54, 1.807) is 36.4 Å². The van der Waals surface area contributed by atoms with Gasteiger partial charge in [0.1, 0.15) is 5.82 Å². The van der Waals surface area contributed by atoms with Crippen molar-refractivity contribution in [1.82, 2.24) is 9.55 Å². The van der Waals surface area contributed by atoms with Gasteiger partial charge in [-0.1, -0.05) is 36.0 Å². The molecule has 3 nitrogen and oxygen atoms in total. The number of aromatic nitrogens is 2. The van der Waals surface area contributed by atoms with Gasteiger partial charge in [0.05, 0.1) is 22.2 Å². The van der Waals surface area contributed by atoms with Gasteiger partial charge in [0.2, 0.25) is 0 Å². The number of para-hydroxylation sites is 2. The second-order valence-electron chi connectivity index (χ2n) is 6.72. The van der Waals surface area contributed by atoms with Crippen molar-refractivity contribution in [1.29, 1.82) is 0 Å². The standard InChI is InChI=1S/C23H16F4N2OS2/c24-15-9-11-16(12-10-15)31-13-14-32-22-28-19-7-3-1-5-17(19)21(30)29(22)20-8-4-2-6-18(20)23(25,26)27/h1-12H,13-14H2. The first-order valence-corrected chi connectivity index (χ1v) is 11.5. The van der Waals surface area contributed by atoms with Crippen molar-refractivity contribution in [3.05, 3.63) is 94.5 Å². The van der Waals surface area contributed by atoms with Crippen molar-refractivity contribution in [2.24, 2.45) is 0 Å². The highest BCUT2D eigenvalue weighted by molar-refractivity contribution is 8.02. The maximum atomic E-state index is 13.7. The number of halogens is 4. The summed E-state index contributed by atoms with van der Waals surface area (Å²) >= 11 is 2.68. The Morgan fingerprint density at radius 2 is 1.50 bits per heavy atom. The summed E-state index contributed by atoms with van der Waals surface area (Å²) in [5.41, 5.74) is -1.29. The van der Waals surface area contributed by atoms with E-state index in [0.717, 1.165) is 15.5 Å². The highest BCUT2D eigenvalue weighted by atomic mass is 32.2. The molecule has 4 aromatic rings. The minimum Gasteiger partial charge on any atom is -0.268 e. The van der Waals surface area contributed by atoms with Crippen molar-refractivity contribution in [3.8, 4) is 5.69 Å². The lowest BCUT2D eigenvalue weighted by Gasteiger charge is -2.17. The van der Waals surface area contributed by atoms with E-state index in [-0.39, 0.29) is 22.0 Å². The van der Waals surface area contributed by atoms with Crippen LogP contribution in [0.25, 0.3) is 16.6 Å². The van der Waals surface area contributed by atoms with Crippen LogP contribution in [0.5, 0.6) is 0 Å². The average molecular weight is 477 g/mol. The summed E-state index contributed by atoms with van der Waals surface area (Å²) in [6.45, 7) is 0. The highest BCUT2D eigenvalue weighted by Crippen LogP contribution is 2.35. The Bertz CT molecular complexity index is 1300. The molecule has 0 unspecified atom stereocenters. The van der Waals surface area contributed by atoms with Crippen LogP contribution < -0.4 is 5.56 Å². The zero-order valence-corrected chi connectivity index (χ0v) is 18.1. The predicted molar refractivity (Wildman–Crippen MR) is 120 cm³/mol. The molecule has 0 aliphatic heterocycles. The minimum atomic E-state index is -4.62. The van der Waals surface area contributed by atoms with E-state index < -0.39 is 17.3 Å². The molecule has 0 N–H and O–H groups in total. The third-order valence-corrected chi connectivity index (χ3v) is 6.80. The first kappa shape index (κ1) is 22.4. The van der Waals surface area contributed by atoms with Crippen LogP contribution in [0.3, 0.4) is 0 Å².